The van der Waals surface area contributed by atoms with Gasteiger partial charge in [0.2, 0.25) is 21.8 Å². The highest BCUT2D eigenvalue weighted by molar-refractivity contribution is 7.92. The molecule has 9 heteroatoms. The van der Waals surface area contributed by atoms with Crippen molar-refractivity contribution < 1.29 is 18.0 Å². The van der Waals surface area contributed by atoms with Gasteiger partial charge in [-0.15, -0.1) is 0 Å². The molecule has 196 valence electrons. The number of anilines is 1. The van der Waals surface area contributed by atoms with Crippen LogP contribution in [0.1, 0.15) is 51.0 Å². The summed E-state index contributed by atoms with van der Waals surface area (Å²) in [5.74, 6) is -0.597. The van der Waals surface area contributed by atoms with Crippen LogP contribution in [0.25, 0.3) is 0 Å². The van der Waals surface area contributed by atoms with Crippen LogP contribution >= 0.6 is 11.6 Å². The van der Waals surface area contributed by atoms with Gasteiger partial charge in [0.25, 0.3) is 0 Å². The zero-order valence-corrected chi connectivity index (χ0v) is 22.6. The number of sulfonamides is 1. The fourth-order valence-corrected chi connectivity index (χ4v) is 5.64. The Hall–Kier alpha value is -2.58. The summed E-state index contributed by atoms with van der Waals surface area (Å²) in [5, 5.41) is 3.61. The first-order chi connectivity index (χ1) is 17.2. The third-order valence-electron chi connectivity index (χ3n) is 6.62. The second-order valence-corrected chi connectivity index (χ2v) is 11.7. The van der Waals surface area contributed by atoms with E-state index in [-0.39, 0.29) is 11.9 Å². The maximum atomic E-state index is 13.7. The lowest BCUT2D eigenvalue weighted by Gasteiger charge is -2.34. The molecule has 1 atom stereocenters. The Bertz CT molecular complexity index is 1100. The van der Waals surface area contributed by atoms with Crippen molar-refractivity contribution in [3.63, 3.8) is 0 Å². The van der Waals surface area contributed by atoms with Crippen molar-refractivity contribution in [2.45, 2.75) is 64.0 Å². The number of carbonyl (C=O) groups excluding carboxylic acids is 2. The third kappa shape index (κ3) is 7.96. The number of nitrogens with one attached hydrogen (secondary N) is 1. The molecule has 0 heterocycles. The lowest BCUT2D eigenvalue weighted by atomic mass is 9.95. The van der Waals surface area contributed by atoms with Crippen LogP contribution in [0.15, 0.2) is 54.6 Å². The van der Waals surface area contributed by atoms with E-state index in [0.29, 0.717) is 30.1 Å². The topological polar surface area (TPSA) is 86.8 Å². The van der Waals surface area contributed by atoms with Crippen molar-refractivity contribution in [1.82, 2.24) is 10.2 Å². The number of nitrogens with zero attached hydrogens (tertiary/aromatic N) is 2. The van der Waals surface area contributed by atoms with Crippen LogP contribution in [0.2, 0.25) is 5.02 Å². The van der Waals surface area contributed by atoms with Crippen molar-refractivity contribution in [2.24, 2.45) is 0 Å². The van der Waals surface area contributed by atoms with Crippen molar-refractivity contribution in [3.8, 4) is 0 Å². The van der Waals surface area contributed by atoms with Gasteiger partial charge in [-0.25, -0.2) is 8.42 Å². The standard InChI is InChI=1S/C27H36ClN3O4S/c1-3-25(27(33)29-23-12-8-5-9-13-23)30(19-18-21-10-6-4-7-11-21)26(32)20-31(36(2,34)35)24-16-14-22(28)15-17-24/h4,6-7,10-11,14-17,23,25H,3,5,8-9,12-13,18-20H2,1-2H3,(H,29,33). The van der Waals surface area contributed by atoms with E-state index in [4.69, 9.17) is 11.6 Å². The zero-order valence-electron chi connectivity index (χ0n) is 21.0. The first-order valence-corrected chi connectivity index (χ1v) is 14.8. The molecule has 0 bridgehead atoms. The van der Waals surface area contributed by atoms with Gasteiger partial charge in [-0.3, -0.25) is 13.9 Å². The van der Waals surface area contributed by atoms with Gasteiger partial charge in [-0.05, 0) is 55.5 Å². The number of amides is 2. The highest BCUT2D eigenvalue weighted by Gasteiger charge is 2.32. The van der Waals surface area contributed by atoms with Crippen molar-refractivity contribution in [1.29, 1.82) is 0 Å². The van der Waals surface area contributed by atoms with Gasteiger partial charge in [0.15, 0.2) is 0 Å². The smallest absolute Gasteiger partial charge is 0.244 e. The normalized spacial score (nSPS) is 15.2. The summed E-state index contributed by atoms with van der Waals surface area (Å²) in [4.78, 5) is 28.6. The quantitative estimate of drug-likeness (QED) is 0.463. The van der Waals surface area contributed by atoms with E-state index >= 15 is 0 Å². The second kappa shape index (κ2) is 13.1. The van der Waals surface area contributed by atoms with Crippen LogP contribution in [-0.2, 0) is 26.0 Å². The molecular weight excluding hydrogens is 498 g/mol. The molecule has 1 aliphatic rings. The molecule has 3 rings (SSSR count). The van der Waals surface area contributed by atoms with Gasteiger partial charge >= 0.3 is 0 Å². The fourth-order valence-electron chi connectivity index (χ4n) is 4.66. The average Bonchev–Trinajstić information content (AvgIpc) is 2.86. The van der Waals surface area contributed by atoms with Crippen LogP contribution in [0.4, 0.5) is 5.69 Å². The predicted octanol–water partition coefficient (Wildman–Crippen LogP) is 4.40. The van der Waals surface area contributed by atoms with Gasteiger partial charge in [0.05, 0.1) is 11.9 Å². The Kier molecular flexibility index (Phi) is 10.2. The SMILES string of the molecule is CCC(C(=O)NC1CCCCC1)N(CCc1ccccc1)C(=O)CN(c1ccc(Cl)cc1)S(C)(=O)=O. The Morgan fingerprint density at radius 1 is 1.03 bits per heavy atom. The van der Waals surface area contributed by atoms with E-state index in [9.17, 15) is 18.0 Å². The number of rotatable bonds is 11. The molecule has 2 amide bonds. The van der Waals surface area contributed by atoms with Gasteiger partial charge in [-0.1, -0.05) is 68.1 Å². The molecular formula is C27H36ClN3O4S. The third-order valence-corrected chi connectivity index (χ3v) is 8.01. The molecule has 0 spiro atoms. The fraction of sp³-hybridized carbons (Fsp3) is 0.481. The monoisotopic (exact) mass is 533 g/mol. The molecule has 0 aromatic heterocycles. The molecule has 2 aromatic carbocycles. The Morgan fingerprint density at radius 3 is 2.25 bits per heavy atom. The molecule has 0 aliphatic heterocycles. The maximum Gasteiger partial charge on any atom is 0.244 e. The summed E-state index contributed by atoms with van der Waals surface area (Å²) < 4.78 is 26.3. The van der Waals surface area contributed by atoms with Crippen molar-refractivity contribution >= 4 is 39.1 Å². The van der Waals surface area contributed by atoms with E-state index < -0.39 is 28.5 Å². The number of halogens is 1. The summed E-state index contributed by atoms with van der Waals surface area (Å²) in [6, 6.07) is 15.5. The number of carbonyl (C=O) groups is 2. The Morgan fingerprint density at radius 2 is 1.67 bits per heavy atom. The first-order valence-electron chi connectivity index (χ1n) is 12.6. The minimum atomic E-state index is -3.76. The molecule has 36 heavy (non-hydrogen) atoms. The van der Waals surface area contributed by atoms with Gasteiger partial charge in [0, 0.05) is 17.6 Å². The van der Waals surface area contributed by atoms with Crippen molar-refractivity contribution in [2.75, 3.05) is 23.7 Å². The van der Waals surface area contributed by atoms with Crippen LogP contribution in [0.3, 0.4) is 0 Å². The van der Waals surface area contributed by atoms with E-state index in [1.807, 2.05) is 37.3 Å². The molecule has 0 radical (unpaired) electrons. The average molecular weight is 534 g/mol. The van der Waals surface area contributed by atoms with Crippen LogP contribution in [-0.4, -0.2) is 56.6 Å². The predicted molar refractivity (Wildman–Crippen MR) is 145 cm³/mol. The Labute approximate surface area is 219 Å². The van der Waals surface area contributed by atoms with Crippen LogP contribution in [0.5, 0.6) is 0 Å². The lowest BCUT2D eigenvalue weighted by molar-refractivity contribution is -0.140. The second-order valence-electron chi connectivity index (χ2n) is 9.34. The summed E-state index contributed by atoms with van der Waals surface area (Å²) in [7, 11) is -3.76. The molecule has 1 saturated carbocycles. The number of benzene rings is 2. The highest BCUT2D eigenvalue weighted by atomic mass is 35.5. The van der Waals surface area contributed by atoms with E-state index in [0.717, 1.165) is 41.8 Å². The zero-order chi connectivity index (χ0) is 26.1. The molecule has 2 aromatic rings. The molecule has 1 fully saturated rings. The lowest BCUT2D eigenvalue weighted by Crippen LogP contribution is -2.54. The number of hydrogen-bond donors (Lipinski definition) is 1. The van der Waals surface area contributed by atoms with E-state index in [1.54, 1.807) is 29.2 Å². The van der Waals surface area contributed by atoms with Crippen LogP contribution in [0, 0.1) is 0 Å². The largest absolute Gasteiger partial charge is 0.352 e. The van der Waals surface area contributed by atoms with E-state index in [1.165, 1.54) is 6.42 Å². The number of hydrogen-bond acceptors (Lipinski definition) is 4. The highest BCUT2D eigenvalue weighted by Crippen LogP contribution is 2.22. The minimum Gasteiger partial charge on any atom is -0.352 e. The van der Waals surface area contributed by atoms with Gasteiger partial charge in [-0.2, -0.15) is 0 Å². The molecule has 1 aliphatic carbocycles. The van der Waals surface area contributed by atoms with Gasteiger partial charge in [0.1, 0.15) is 12.6 Å². The molecule has 1 unspecified atom stereocenters. The van der Waals surface area contributed by atoms with Crippen molar-refractivity contribution in [3.05, 3.63) is 65.2 Å². The maximum absolute atomic E-state index is 13.7. The summed E-state index contributed by atoms with van der Waals surface area (Å²) >= 11 is 5.97. The molecule has 1 N–H and O–H groups in total. The summed E-state index contributed by atoms with van der Waals surface area (Å²) in [6.07, 6.45) is 7.29. The van der Waals surface area contributed by atoms with E-state index in [2.05, 4.69) is 5.32 Å². The summed E-state index contributed by atoms with van der Waals surface area (Å²) in [6.45, 7) is 1.78. The van der Waals surface area contributed by atoms with Gasteiger partial charge < -0.3 is 10.2 Å². The minimum absolute atomic E-state index is 0.118. The van der Waals surface area contributed by atoms with Crippen LogP contribution < -0.4 is 9.62 Å². The Balaban J connectivity index is 1.84. The molecule has 7 nitrogen and oxygen atoms in total. The first kappa shape index (κ1) is 28.0. The summed E-state index contributed by atoms with van der Waals surface area (Å²) in [5.41, 5.74) is 1.38. The molecule has 0 saturated heterocycles.